The summed E-state index contributed by atoms with van der Waals surface area (Å²) >= 11 is 0. The van der Waals surface area contributed by atoms with Crippen LogP contribution in [0.15, 0.2) is 41.3 Å². The molecule has 2 unspecified atom stereocenters. The number of nitrogens with zero attached hydrogens (tertiary/aromatic N) is 1. The molecule has 0 saturated carbocycles. The lowest BCUT2D eigenvalue weighted by molar-refractivity contribution is -0.114. The summed E-state index contributed by atoms with van der Waals surface area (Å²) in [7, 11) is 1.60. The Labute approximate surface area is 107 Å². The number of nitrogens with one attached hydrogen (secondary N) is 1. The number of rotatable bonds is 3. The Morgan fingerprint density at radius 2 is 2.39 bits per heavy atom. The van der Waals surface area contributed by atoms with E-state index in [2.05, 4.69) is 29.4 Å². The van der Waals surface area contributed by atoms with Crippen molar-refractivity contribution in [3.05, 3.63) is 36.3 Å². The highest BCUT2D eigenvalue weighted by Crippen LogP contribution is 2.20. The third-order valence-electron chi connectivity index (χ3n) is 2.94. The Morgan fingerprint density at radius 3 is 3.11 bits per heavy atom. The summed E-state index contributed by atoms with van der Waals surface area (Å²) in [5.74, 6) is 1.24. The van der Waals surface area contributed by atoms with Crippen LogP contribution >= 0.6 is 0 Å². The summed E-state index contributed by atoms with van der Waals surface area (Å²) in [5.41, 5.74) is 0.512. The number of aliphatic imine (C=N–C) groups is 1. The van der Waals surface area contributed by atoms with Gasteiger partial charge in [0, 0.05) is 19.7 Å². The smallest absolute Gasteiger partial charge is 0.265 e. The average Bonchev–Trinajstić information content (AvgIpc) is 2.38. The van der Waals surface area contributed by atoms with E-state index in [0.29, 0.717) is 18.1 Å². The highest BCUT2D eigenvalue weighted by Gasteiger charge is 2.20. The predicted octanol–water partition coefficient (Wildman–Crippen LogP) is 1.96. The first-order valence-electron chi connectivity index (χ1n) is 6.19. The second-order valence-electron chi connectivity index (χ2n) is 4.54. The van der Waals surface area contributed by atoms with Gasteiger partial charge in [0.1, 0.15) is 17.6 Å². The summed E-state index contributed by atoms with van der Waals surface area (Å²) in [4.78, 5) is 15.6. The van der Waals surface area contributed by atoms with Crippen molar-refractivity contribution in [2.75, 3.05) is 7.05 Å². The van der Waals surface area contributed by atoms with E-state index in [4.69, 9.17) is 4.74 Å². The van der Waals surface area contributed by atoms with E-state index in [1.54, 1.807) is 13.2 Å². The first-order chi connectivity index (χ1) is 8.69. The highest BCUT2D eigenvalue weighted by atomic mass is 16.5. The van der Waals surface area contributed by atoms with E-state index >= 15 is 0 Å². The van der Waals surface area contributed by atoms with E-state index in [0.717, 1.165) is 12.2 Å². The van der Waals surface area contributed by atoms with Gasteiger partial charge in [0.2, 0.25) is 0 Å². The van der Waals surface area contributed by atoms with Crippen LogP contribution in [0.5, 0.6) is 0 Å². The van der Waals surface area contributed by atoms with E-state index in [9.17, 15) is 4.79 Å². The van der Waals surface area contributed by atoms with Gasteiger partial charge < -0.3 is 10.1 Å². The van der Waals surface area contributed by atoms with Gasteiger partial charge in [-0.3, -0.25) is 9.79 Å². The lowest BCUT2D eigenvalue weighted by Crippen LogP contribution is -2.32. The molecule has 2 aliphatic rings. The SMILES string of the molecule is CNC(=O)C1=NC=CC(OC2=CC(C)CC=C2)C1. The van der Waals surface area contributed by atoms with Crippen LogP contribution in [0.25, 0.3) is 0 Å². The number of hydrogen-bond donors (Lipinski definition) is 1. The van der Waals surface area contributed by atoms with Gasteiger partial charge in [-0.1, -0.05) is 13.0 Å². The van der Waals surface area contributed by atoms with Crippen LogP contribution < -0.4 is 5.32 Å². The minimum absolute atomic E-state index is 0.115. The third-order valence-corrected chi connectivity index (χ3v) is 2.94. The molecule has 0 aromatic heterocycles. The number of amides is 1. The van der Waals surface area contributed by atoms with Gasteiger partial charge in [-0.15, -0.1) is 0 Å². The van der Waals surface area contributed by atoms with Crippen molar-refractivity contribution in [1.82, 2.24) is 5.32 Å². The van der Waals surface area contributed by atoms with Crippen molar-refractivity contribution >= 4 is 11.6 Å². The molecule has 1 aliphatic carbocycles. The maximum atomic E-state index is 11.5. The van der Waals surface area contributed by atoms with Gasteiger partial charge in [-0.2, -0.15) is 0 Å². The normalized spacial score (nSPS) is 26.3. The molecule has 0 fully saturated rings. The zero-order valence-corrected chi connectivity index (χ0v) is 10.7. The molecule has 1 aliphatic heterocycles. The van der Waals surface area contributed by atoms with Crippen LogP contribution in [0.3, 0.4) is 0 Å². The Hall–Kier alpha value is -1.84. The number of carbonyl (C=O) groups excluding carboxylic acids is 1. The maximum Gasteiger partial charge on any atom is 0.265 e. The lowest BCUT2D eigenvalue weighted by Gasteiger charge is -2.21. The molecule has 0 saturated heterocycles. The molecule has 96 valence electrons. The van der Waals surface area contributed by atoms with Crippen LogP contribution in [0.1, 0.15) is 19.8 Å². The summed E-state index contributed by atoms with van der Waals surface area (Å²) in [6.45, 7) is 2.15. The van der Waals surface area contributed by atoms with E-state index < -0.39 is 0 Å². The fourth-order valence-electron chi connectivity index (χ4n) is 1.97. The zero-order chi connectivity index (χ0) is 13.0. The maximum absolute atomic E-state index is 11.5. The molecule has 0 aromatic carbocycles. The summed E-state index contributed by atoms with van der Waals surface area (Å²) in [6, 6.07) is 0. The predicted molar refractivity (Wildman–Crippen MR) is 71.1 cm³/mol. The quantitative estimate of drug-likeness (QED) is 0.827. The number of carbonyl (C=O) groups is 1. The van der Waals surface area contributed by atoms with Gasteiger partial charge in [0.05, 0.1) is 0 Å². The molecule has 1 amide bonds. The lowest BCUT2D eigenvalue weighted by atomic mass is 10.0. The van der Waals surface area contributed by atoms with E-state index in [1.165, 1.54) is 0 Å². The first kappa shape index (κ1) is 12.6. The van der Waals surface area contributed by atoms with Gasteiger partial charge in [-0.25, -0.2) is 0 Å². The Morgan fingerprint density at radius 1 is 1.56 bits per heavy atom. The second-order valence-corrected chi connectivity index (χ2v) is 4.54. The van der Waals surface area contributed by atoms with Crippen molar-refractivity contribution in [3.63, 3.8) is 0 Å². The van der Waals surface area contributed by atoms with E-state index in [-0.39, 0.29) is 12.0 Å². The molecule has 0 bridgehead atoms. The molecule has 4 nitrogen and oxygen atoms in total. The Kier molecular flexibility index (Phi) is 3.97. The van der Waals surface area contributed by atoms with Crippen molar-refractivity contribution in [2.45, 2.75) is 25.9 Å². The second kappa shape index (κ2) is 5.67. The number of ether oxygens (including phenoxy) is 1. The fraction of sp³-hybridized carbons (Fsp3) is 0.429. The molecule has 2 rings (SSSR count). The van der Waals surface area contributed by atoms with Gasteiger partial charge >= 0.3 is 0 Å². The minimum Gasteiger partial charge on any atom is -0.486 e. The molecular formula is C14H18N2O2. The summed E-state index contributed by atoms with van der Waals surface area (Å²) in [5, 5.41) is 2.58. The standard InChI is InChI=1S/C14H18N2O2/c1-10-4-3-5-11(8-10)18-12-6-7-16-13(9-12)14(17)15-2/h3,5-8,10,12H,4,9H2,1-2H3,(H,15,17). The van der Waals surface area contributed by atoms with Crippen LogP contribution in [-0.4, -0.2) is 24.8 Å². The number of allylic oxidation sites excluding steroid dienone is 3. The minimum atomic E-state index is -0.144. The Balaban J connectivity index is 1.97. The largest absolute Gasteiger partial charge is 0.486 e. The van der Waals surface area contributed by atoms with Crippen LogP contribution in [0.4, 0.5) is 0 Å². The van der Waals surface area contributed by atoms with Crippen LogP contribution in [0, 0.1) is 5.92 Å². The molecule has 0 aromatic rings. The molecule has 0 radical (unpaired) electrons. The first-order valence-corrected chi connectivity index (χ1v) is 6.19. The molecule has 0 spiro atoms. The molecule has 4 heteroatoms. The summed E-state index contributed by atoms with van der Waals surface area (Å²) < 4.78 is 5.85. The van der Waals surface area contributed by atoms with E-state index in [1.807, 2.05) is 12.2 Å². The molecule has 1 N–H and O–H groups in total. The van der Waals surface area contributed by atoms with Crippen LogP contribution in [-0.2, 0) is 9.53 Å². The van der Waals surface area contributed by atoms with Crippen molar-refractivity contribution in [2.24, 2.45) is 10.9 Å². The highest BCUT2D eigenvalue weighted by molar-refractivity contribution is 6.39. The zero-order valence-electron chi connectivity index (χ0n) is 10.7. The molecule has 1 heterocycles. The summed E-state index contributed by atoms with van der Waals surface area (Å²) in [6.07, 6.45) is 11.2. The Bertz CT molecular complexity index is 447. The van der Waals surface area contributed by atoms with Crippen molar-refractivity contribution in [1.29, 1.82) is 0 Å². The monoisotopic (exact) mass is 246 g/mol. The van der Waals surface area contributed by atoms with Crippen molar-refractivity contribution in [3.8, 4) is 0 Å². The van der Waals surface area contributed by atoms with Crippen molar-refractivity contribution < 1.29 is 9.53 Å². The molecule has 2 atom stereocenters. The topological polar surface area (TPSA) is 50.7 Å². The average molecular weight is 246 g/mol. The van der Waals surface area contributed by atoms with Gasteiger partial charge in [0.25, 0.3) is 5.91 Å². The van der Waals surface area contributed by atoms with Gasteiger partial charge in [0.15, 0.2) is 0 Å². The third kappa shape index (κ3) is 3.09. The van der Waals surface area contributed by atoms with Gasteiger partial charge in [-0.05, 0) is 30.6 Å². The number of hydrogen-bond acceptors (Lipinski definition) is 3. The molecular weight excluding hydrogens is 228 g/mol. The molecule has 18 heavy (non-hydrogen) atoms. The van der Waals surface area contributed by atoms with Crippen LogP contribution in [0.2, 0.25) is 0 Å². The fourth-order valence-corrected chi connectivity index (χ4v) is 1.97.